The van der Waals surface area contributed by atoms with Gasteiger partial charge in [-0.05, 0) is 6.42 Å². The zero-order valence-corrected chi connectivity index (χ0v) is 7.24. The van der Waals surface area contributed by atoms with Gasteiger partial charge in [-0.2, -0.15) is 0 Å². The Hall–Kier alpha value is -0.200. The van der Waals surface area contributed by atoms with Crippen molar-refractivity contribution in [2.24, 2.45) is 0 Å². The summed E-state index contributed by atoms with van der Waals surface area (Å²) >= 11 is 0. The van der Waals surface area contributed by atoms with Crippen molar-refractivity contribution in [1.82, 2.24) is 4.90 Å². The van der Waals surface area contributed by atoms with Gasteiger partial charge < -0.3 is 20.4 Å². The summed E-state index contributed by atoms with van der Waals surface area (Å²) in [4.78, 5) is 1.79. The number of hydrogen-bond donors (Lipinski definition) is 4. The van der Waals surface area contributed by atoms with Crippen LogP contribution in [0.15, 0.2) is 0 Å². The first-order valence-corrected chi connectivity index (χ1v) is 4.57. The van der Waals surface area contributed by atoms with Gasteiger partial charge in [-0.3, -0.25) is 4.90 Å². The van der Waals surface area contributed by atoms with Crippen molar-refractivity contribution in [1.29, 1.82) is 0 Å². The van der Waals surface area contributed by atoms with Crippen molar-refractivity contribution in [3.63, 3.8) is 0 Å². The Morgan fingerprint density at radius 2 is 1.85 bits per heavy atom. The van der Waals surface area contributed by atoms with E-state index in [1.54, 1.807) is 4.90 Å². The molecule has 4 N–H and O–H groups in total. The van der Waals surface area contributed by atoms with Crippen molar-refractivity contribution in [3.05, 3.63) is 0 Å². The van der Waals surface area contributed by atoms with E-state index in [1.165, 1.54) is 0 Å². The lowest BCUT2D eigenvalue weighted by Crippen LogP contribution is -2.39. The third-order valence-corrected chi connectivity index (χ3v) is 3.17. The molecule has 2 fully saturated rings. The SMILES string of the molecule is OC[C@@H]1[C@@H](O)[C@H](O)[C@H]2[C@H](O)CCN21. The maximum absolute atomic E-state index is 9.58. The number of hydrogen-bond acceptors (Lipinski definition) is 5. The summed E-state index contributed by atoms with van der Waals surface area (Å²) in [5.74, 6) is 0. The molecule has 0 radical (unpaired) electrons. The molecule has 0 bridgehead atoms. The zero-order chi connectivity index (χ0) is 9.59. The molecule has 76 valence electrons. The molecule has 0 aromatic carbocycles. The van der Waals surface area contributed by atoms with Crippen LogP contribution in [0.5, 0.6) is 0 Å². The molecule has 0 saturated carbocycles. The van der Waals surface area contributed by atoms with E-state index in [0.29, 0.717) is 13.0 Å². The molecule has 2 aliphatic heterocycles. The second-order valence-electron chi connectivity index (χ2n) is 3.82. The van der Waals surface area contributed by atoms with Gasteiger partial charge in [0.15, 0.2) is 0 Å². The lowest BCUT2D eigenvalue weighted by Gasteiger charge is -2.22. The summed E-state index contributed by atoms with van der Waals surface area (Å²) in [6, 6.07) is -0.815. The Labute approximate surface area is 76.2 Å². The summed E-state index contributed by atoms with van der Waals surface area (Å²) in [5, 5.41) is 37.6. The summed E-state index contributed by atoms with van der Waals surface area (Å²) in [6.07, 6.45) is -1.86. The predicted octanol–water partition coefficient (Wildman–Crippen LogP) is -2.48. The zero-order valence-electron chi connectivity index (χ0n) is 7.24. The Morgan fingerprint density at radius 3 is 2.46 bits per heavy atom. The minimum absolute atomic E-state index is 0.179. The van der Waals surface area contributed by atoms with Gasteiger partial charge in [0.05, 0.1) is 37.0 Å². The highest BCUT2D eigenvalue weighted by atomic mass is 16.3. The number of rotatable bonds is 1. The van der Waals surface area contributed by atoms with Gasteiger partial charge >= 0.3 is 0 Å². The standard InChI is InChI=1S/C8H15NO4/c10-3-4-7(12)8(13)6-5(11)1-2-9(4)6/h4-8,10-13H,1-3H2/t4-,5-,6-,7-,8-/m1/s1. The highest BCUT2D eigenvalue weighted by Crippen LogP contribution is 2.33. The Kier molecular flexibility index (Phi) is 2.29. The molecular formula is C8H15NO4. The van der Waals surface area contributed by atoms with Crippen molar-refractivity contribution < 1.29 is 20.4 Å². The van der Waals surface area contributed by atoms with Gasteiger partial charge in [-0.25, -0.2) is 0 Å². The minimum Gasteiger partial charge on any atom is -0.395 e. The van der Waals surface area contributed by atoms with Gasteiger partial charge in [0.1, 0.15) is 0 Å². The van der Waals surface area contributed by atoms with E-state index in [4.69, 9.17) is 5.11 Å². The van der Waals surface area contributed by atoms with E-state index in [2.05, 4.69) is 0 Å². The Bertz CT molecular complexity index is 201. The normalized spacial score (nSPS) is 51.2. The molecule has 2 saturated heterocycles. The van der Waals surface area contributed by atoms with Crippen LogP contribution >= 0.6 is 0 Å². The van der Waals surface area contributed by atoms with Crippen LogP contribution in [0.2, 0.25) is 0 Å². The highest BCUT2D eigenvalue weighted by molar-refractivity contribution is 5.06. The van der Waals surface area contributed by atoms with Crippen LogP contribution in [-0.4, -0.2) is 68.9 Å². The molecule has 5 heteroatoms. The minimum atomic E-state index is -0.940. The third kappa shape index (κ3) is 1.19. The fraction of sp³-hybridized carbons (Fsp3) is 1.00. The van der Waals surface area contributed by atoms with Gasteiger partial charge in [0.25, 0.3) is 0 Å². The maximum Gasteiger partial charge on any atom is 0.0995 e. The van der Waals surface area contributed by atoms with Crippen LogP contribution in [-0.2, 0) is 0 Å². The molecule has 0 amide bonds. The fourth-order valence-electron chi connectivity index (χ4n) is 2.47. The lowest BCUT2D eigenvalue weighted by molar-refractivity contribution is -0.000895. The molecule has 13 heavy (non-hydrogen) atoms. The van der Waals surface area contributed by atoms with Gasteiger partial charge in [0, 0.05) is 6.54 Å². The lowest BCUT2D eigenvalue weighted by atomic mass is 10.0. The quantitative estimate of drug-likeness (QED) is 0.367. The first kappa shape index (κ1) is 9.36. The van der Waals surface area contributed by atoms with Gasteiger partial charge in [-0.15, -0.1) is 0 Å². The molecule has 0 spiro atoms. The summed E-state index contributed by atoms with van der Waals surface area (Å²) in [7, 11) is 0. The Balaban J connectivity index is 2.19. The number of aliphatic hydroxyl groups is 4. The van der Waals surface area contributed by atoms with E-state index >= 15 is 0 Å². The van der Waals surface area contributed by atoms with Crippen molar-refractivity contribution in [2.75, 3.05) is 13.2 Å². The van der Waals surface area contributed by atoms with E-state index in [1.807, 2.05) is 0 Å². The Morgan fingerprint density at radius 1 is 1.15 bits per heavy atom. The summed E-state index contributed by atoms with van der Waals surface area (Å²) in [6.45, 7) is 0.451. The van der Waals surface area contributed by atoms with E-state index < -0.39 is 30.4 Å². The molecule has 0 aromatic rings. The monoisotopic (exact) mass is 189 g/mol. The van der Waals surface area contributed by atoms with Crippen molar-refractivity contribution in [2.45, 2.75) is 36.8 Å². The molecule has 5 nitrogen and oxygen atoms in total. The van der Waals surface area contributed by atoms with Crippen LogP contribution in [0.1, 0.15) is 6.42 Å². The average Bonchev–Trinajstić information content (AvgIpc) is 2.57. The van der Waals surface area contributed by atoms with Crippen LogP contribution in [0.25, 0.3) is 0 Å². The fourth-order valence-corrected chi connectivity index (χ4v) is 2.47. The number of nitrogens with zero attached hydrogens (tertiary/aromatic N) is 1. The molecule has 2 heterocycles. The number of aliphatic hydroxyl groups excluding tert-OH is 4. The molecule has 0 aromatic heterocycles. The van der Waals surface area contributed by atoms with Crippen LogP contribution in [0, 0.1) is 0 Å². The van der Waals surface area contributed by atoms with E-state index in [0.717, 1.165) is 0 Å². The largest absolute Gasteiger partial charge is 0.395 e. The van der Waals surface area contributed by atoms with Crippen LogP contribution < -0.4 is 0 Å². The summed E-state index contributed by atoms with van der Waals surface area (Å²) < 4.78 is 0. The van der Waals surface area contributed by atoms with E-state index in [9.17, 15) is 15.3 Å². The predicted molar refractivity (Wildman–Crippen MR) is 44.0 cm³/mol. The second kappa shape index (κ2) is 3.18. The number of fused-ring (bicyclic) bond motifs is 1. The van der Waals surface area contributed by atoms with Crippen LogP contribution in [0.4, 0.5) is 0 Å². The van der Waals surface area contributed by atoms with E-state index in [-0.39, 0.29) is 6.61 Å². The molecule has 2 rings (SSSR count). The second-order valence-corrected chi connectivity index (χ2v) is 3.82. The maximum atomic E-state index is 9.58. The topological polar surface area (TPSA) is 84.2 Å². The van der Waals surface area contributed by atoms with Crippen molar-refractivity contribution in [3.8, 4) is 0 Å². The van der Waals surface area contributed by atoms with Gasteiger partial charge in [0.2, 0.25) is 0 Å². The van der Waals surface area contributed by atoms with Crippen LogP contribution in [0.3, 0.4) is 0 Å². The molecule has 5 atom stereocenters. The summed E-state index contributed by atoms with van der Waals surface area (Å²) in [5.41, 5.74) is 0. The highest BCUT2D eigenvalue weighted by Gasteiger charge is 2.52. The smallest absolute Gasteiger partial charge is 0.0995 e. The third-order valence-electron chi connectivity index (χ3n) is 3.17. The van der Waals surface area contributed by atoms with Gasteiger partial charge in [-0.1, -0.05) is 0 Å². The molecule has 0 aliphatic carbocycles. The molecule has 2 aliphatic rings. The first-order valence-electron chi connectivity index (χ1n) is 4.57. The molecular weight excluding hydrogens is 174 g/mol. The first-order chi connectivity index (χ1) is 6.16. The molecule has 0 unspecified atom stereocenters. The van der Waals surface area contributed by atoms with Crippen molar-refractivity contribution >= 4 is 0 Å². The average molecular weight is 189 g/mol.